The molecule has 1 unspecified atom stereocenters. The first-order chi connectivity index (χ1) is 8.74. The minimum atomic E-state index is 0.166. The van der Waals surface area contributed by atoms with Gasteiger partial charge in [0, 0.05) is 6.42 Å². The summed E-state index contributed by atoms with van der Waals surface area (Å²) in [6, 6.07) is 10.4. The molecule has 1 aromatic rings. The molecule has 2 heteroatoms. The van der Waals surface area contributed by atoms with Crippen LogP contribution in [-0.2, 0) is 4.79 Å². The molecule has 0 amide bonds. The molecule has 2 nitrogen and oxygen atoms in total. The average Bonchev–Trinajstić information content (AvgIpc) is 2.43. The lowest BCUT2D eigenvalue weighted by molar-refractivity contribution is -0.122. The lowest BCUT2D eigenvalue weighted by atomic mass is 9.94. The Morgan fingerprint density at radius 2 is 1.72 bits per heavy atom. The Balaban J connectivity index is 0.000000289. The van der Waals surface area contributed by atoms with E-state index in [1.54, 1.807) is 0 Å². The van der Waals surface area contributed by atoms with Crippen molar-refractivity contribution in [2.75, 3.05) is 7.05 Å². The molecule has 0 spiro atoms. The molecule has 1 aromatic carbocycles. The number of carbonyl (C=O) groups excluding carboxylic acids is 1. The molecule has 0 heterocycles. The topological polar surface area (TPSA) is 29.1 Å². The summed E-state index contributed by atoms with van der Waals surface area (Å²) in [5, 5.41) is 3.00. The molecule has 0 aromatic heterocycles. The number of hydrogen-bond donors (Lipinski definition) is 1. The van der Waals surface area contributed by atoms with Gasteiger partial charge in [-0.25, -0.2) is 0 Å². The molecule has 0 saturated heterocycles. The SMILES string of the molecule is CC.CNC1CCCCC1=O.Cc1ccccc1. The maximum absolute atomic E-state index is 11.0. The number of benzene rings is 1. The summed E-state index contributed by atoms with van der Waals surface area (Å²) in [6.07, 6.45) is 4.12. The quantitative estimate of drug-likeness (QED) is 0.821. The molecule has 1 N–H and O–H groups in total. The average molecular weight is 249 g/mol. The van der Waals surface area contributed by atoms with Crippen molar-refractivity contribution in [2.24, 2.45) is 0 Å². The van der Waals surface area contributed by atoms with Crippen LogP contribution in [0.5, 0.6) is 0 Å². The fourth-order valence-corrected chi connectivity index (χ4v) is 1.82. The molecule has 2 rings (SSSR count). The summed E-state index contributed by atoms with van der Waals surface area (Å²) in [7, 11) is 1.86. The molecule has 102 valence electrons. The van der Waals surface area contributed by atoms with E-state index in [9.17, 15) is 4.79 Å². The molecule has 1 aliphatic rings. The summed E-state index contributed by atoms with van der Waals surface area (Å²) < 4.78 is 0. The largest absolute Gasteiger partial charge is 0.311 e. The number of ketones is 1. The van der Waals surface area contributed by atoms with Gasteiger partial charge in [-0.3, -0.25) is 4.79 Å². The zero-order chi connectivity index (χ0) is 13.8. The third-order valence-corrected chi connectivity index (χ3v) is 2.84. The van der Waals surface area contributed by atoms with Gasteiger partial charge in [-0.15, -0.1) is 0 Å². The third kappa shape index (κ3) is 7.23. The molecule has 18 heavy (non-hydrogen) atoms. The van der Waals surface area contributed by atoms with Crippen LogP contribution in [0.4, 0.5) is 0 Å². The summed E-state index contributed by atoms with van der Waals surface area (Å²) in [6.45, 7) is 6.08. The van der Waals surface area contributed by atoms with Crippen molar-refractivity contribution in [1.29, 1.82) is 0 Å². The minimum Gasteiger partial charge on any atom is -0.311 e. The van der Waals surface area contributed by atoms with Crippen LogP contribution in [0.25, 0.3) is 0 Å². The van der Waals surface area contributed by atoms with Crippen molar-refractivity contribution in [3.63, 3.8) is 0 Å². The highest BCUT2D eigenvalue weighted by Gasteiger charge is 2.19. The maximum atomic E-state index is 11.0. The zero-order valence-electron chi connectivity index (χ0n) is 12.2. The van der Waals surface area contributed by atoms with E-state index in [0.29, 0.717) is 5.78 Å². The van der Waals surface area contributed by atoms with Crippen LogP contribution >= 0.6 is 0 Å². The van der Waals surface area contributed by atoms with Crippen molar-refractivity contribution in [2.45, 2.75) is 52.5 Å². The summed E-state index contributed by atoms with van der Waals surface area (Å²) in [4.78, 5) is 11.0. The normalized spacial score (nSPS) is 18.0. The zero-order valence-corrected chi connectivity index (χ0v) is 12.2. The van der Waals surface area contributed by atoms with Crippen molar-refractivity contribution in [3.8, 4) is 0 Å². The fourth-order valence-electron chi connectivity index (χ4n) is 1.82. The lowest BCUT2D eigenvalue weighted by Crippen LogP contribution is -2.36. The van der Waals surface area contributed by atoms with Crippen molar-refractivity contribution in [1.82, 2.24) is 5.32 Å². The Kier molecular flexibility index (Phi) is 10.3. The second-order valence-corrected chi connectivity index (χ2v) is 4.21. The smallest absolute Gasteiger partial charge is 0.149 e. The predicted molar refractivity (Wildman–Crippen MR) is 78.8 cm³/mol. The van der Waals surface area contributed by atoms with Gasteiger partial charge >= 0.3 is 0 Å². The van der Waals surface area contributed by atoms with Crippen LogP contribution in [0.1, 0.15) is 45.1 Å². The molecular weight excluding hydrogens is 222 g/mol. The Hall–Kier alpha value is -1.15. The Bertz CT molecular complexity index is 308. The Morgan fingerprint density at radius 1 is 1.11 bits per heavy atom. The summed E-state index contributed by atoms with van der Waals surface area (Å²) >= 11 is 0. The van der Waals surface area contributed by atoms with E-state index < -0.39 is 0 Å². The first kappa shape index (κ1) is 16.9. The van der Waals surface area contributed by atoms with Crippen LogP contribution in [-0.4, -0.2) is 18.9 Å². The number of hydrogen-bond acceptors (Lipinski definition) is 2. The fraction of sp³-hybridized carbons (Fsp3) is 0.562. The molecule has 0 aliphatic heterocycles. The van der Waals surface area contributed by atoms with E-state index in [-0.39, 0.29) is 6.04 Å². The van der Waals surface area contributed by atoms with Crippen LogP contribution < -0.4 is 5.32 Å². The van der Waals surface area contributed by atoms with Gasteiger partial charge in [0.25, 0.3) is 0 Å². The van der Waals surface area contributed by atoms with Crippen LogP contribution in [0, 0.1) is 6.92 Å². The van der Waals surface area contributed by atoms with Gasteiger partial charge in [-0.05, 0) is 26.8 Å². The molecule has 1 atom stereocenters. The van der Waals surface area contributed by atoms with Gasteiger partial charge in [0.2, 0.25) is 0 Å². The second kappa shape index (κ2) is 11.0. The number of carbonyl (C=O) groups is 1. The van der Waals surface area contributed by atoms with E-state index in [2.05, 4.69) is 24.4 Å². The molecule has 0 bridgehead atoms. The van der Waals surface area contributed by atoms with E-state index in [1.165, 1.54) is 12.0 Å². The van der Waals surface area contributed by atoms with Crippen molar-refractivity contribution >= 4 is 5.78 Å². The van der Waals surface area contributed by atoms with Gasteiger partial charge in [0.15, 0.2) is 0 Å². The van der Waals surface area contributed by atoms with Gasteiger partial charge in [-0.1, -0.05) is 56.2 Å². The predicted octanol–water partition coefficient (Wildman–Crippen LogP) is 3.74. The van der Waals surface area contributed by atoms with Crippen LogP contribution in [0.3, 0.4) is 0 Å². The van der Waals surface area contributed by atoms with Crippen molar-refractivity contribution in [3.05, 3.63) is 35.9 Å². The molecule has 1 fully saturated rings. The Labute approximate surface area is 112 Å². The minimum absolute atomic E-state index is 0.166. The van der Waals surface area contributed by atoms with Gasteiger partial charge in [-0.2, -0.15) is 0 Å². The highest BCUT2D eigenvalue weighted by molar-refractivity contribution is 5.84. The van der Waals surface area contributed by atoms with Crippen molar-refractivity contribution < 1.29 is 4.79 Å². The highest BCUT2D eigenvalue weighted by Crippen LogP contribution is 2.13. The van der Waals surface area contributed by atoms with Gasteiger partial charge in [0.1, 0.15) is 5.78 Å². The molecule has 1 aliphatic carbocycles. The number of rotatable bonds is 1. The maximum Gasteiger partial charge on any atom is 0.149 e. The number of aryl methyl sites for hydroxylation is 1. The number of likely N-dealkylation sites (N-methyl/N-ethyl adjacent to an activating group) is 1. The van der Waals surface area contributed by atoms with E-state index >= 15 is 0 Å². The van der Waals surface area contributed by atoms with E-state index in [4.69, 9.17) is 0 Å². The highest BCUT2D eigenvalue weighted by atomic mass is 16.1. The first-order valence-electron chi connectivity index (χ1n) is 6.95. The van der Waals surface area contributed by atoms with Crippen LogP contribution in [0.15, 0.2) is 30.3 Å². The number of nitrogens with one attached hydrogen (secondary N) is 1. The lowest BCUT2D eigenvalue weighted by Gasteiger charge is -2.18. The van der Waals surface area contributed by atoms with E-state index in [0.717, 1.165) is 19.3 Å². The van der Waals surface area contributed by atoms with Gasteiger partial charge < -0.3 is 5.32 Å². The second-order valence-electron chi connectivity index (χ2n) is 4.21. The van der Waals surface area contributed by atoms with Gasteiger partial charge in [0.05, 0.1) is 6.04 Å². The van der Waals surface area contributed by atoms with Crippen LogP contribution in [0.2, 0.25) is 0 Å². The molecular formula is C16H27NO. The molecule has 1 saturated carbocycles. The first-order valence-corrected chi connectivity index (χ1v) is 6.95. The standard InChI is InChI=1S/C7H13NO.C7H8.C2H6/c1-8-6-4-2-3-5-7(6)9;1-7-5-3-2-4-6-7;1-2/h6,8H,2-5H2,1H3;2-6H,1H3;1-2H3. The molecule has 0 radical (unpaired) electrons. The Morgan fingerprint density at radius 3 is 2.06 bits per heavy atom. The summed E-state index contributed by atoms with van der Waals surface area (Å²) in [5.41, 5.74) is 1.32. The monoisotopic (exact) mass is 249 g/mol. The van der Waals surface area contributed by atoms with E-state index in [1.807, 2.05) is 39.1 Å². The number of Topliss-reactive ketones (excluding diaryl/α,β-unsaturated/α-hetero) is 1. The summed E-state index contributed by atoms with van der Waals surface area (Å²) in [5.74, 6) is 0.392. The third-order valence-electron chi connectivity index (χ3n) is 2.84.